The van der Waals surface area contributed by atoms with Gasteiger partial charge in [0.05, 0.1) is 44.8 Å². The van der Waals surface area contributed by atoms with Gasteiger partial charge in [-0.05, 0) is 31.5 Å². The van der Waals surface area contributed by atoms with Crippen LogP contribution in [-0.4, -0.2) is 37.8 Å². The molecule has 0 amide bonds. The number of halogens is 1. The lowest BCUT2D eigenvalue weighted by Gasteiger charge is -2.41. The summed E-state index contributed by atoms with van der Waals surface area (Å²) in [5.74, 6) is 0.878. The smallest absolute Gasteiger partial charge is 0.119 e. The Bertz CT molecular complexity index is 493. The molecule has 1 heterocycles. The van der Waals surface area contributed by atoms with Gasteiger partial charge in [0, 0.05) is 12.8 Å². The van der Waals surface area contributed by atoms with E-state index in [-0.39, 0.29) is 28.5 Å². The van der Waals surface area contributed by atoms with Crippen molar-refractivity contribution in [3.05, 3.63) is 29.8 Å². The molecular formula is C17H25BrN2O. The molecule has 0 bridgehead atoms. The minimum Gasteiger partial charge on any atom is -1.00 e. The van der Waals surface area contributed by atoms with Gasteiger partial charge in [-0.1, -0.05) is 12.1 Å². The van der Waals surface area contributed by atoms with Crippen LogP contribution in [0.5, 0.6) is 5.75 Å². The van der Waals surface area contributed by atoms with Crippen molar-refractivity contribution in [3.63, 3.8) is 0 Å². The van der Waals surface area contributed by atoms with E-state index in [1.807, 2.05) is 26.0 Å². The van der Waals surface area contributed by atoms with Crippen LogP contribution in [0.4, 0.5) is 0 Å². The van der Waals surface area contributed by atoms with Gasteiger partial charge in [0.25, 0.3) is 0 Å². The highest BCUT2D eigenvalue weighted by Crippen LogP contribution is 2.37. The van der Waals surface area contributed by atoms with Crippen LogP contribution in [0.3, 0.4) is 0 Å². The SMILES string of the molecule is CC(C)Oc1ccc(C2(C#N)CC[N+](C)(C)CC2)cc1.[Br-]. The van der Waals surface area contributed by atoms with Crippen molar-refractivity contribution < 1.29 is 26.2 Å². The highest BCUT2D eigenvalue weighted by Gasteiger charge is 2.40. The lowest BCUT2D eigenvalue weighted by atomic mass is 9.73. The predicted octanol–water partition coefficient (Wildman–Crippen LogP) is 0.109. The van der Waals surface area contributed by atoms with Crippen LogP contribution in [0.25, 0.3) is 0 Å². The molecule has 1 aromatic rings. The summed E-state index contributed by atoms with van der Waals surface area (Å²) in [4.78, 5) is 0. The number of hydrogen-bond acceptors (Lipinski definition) is 2. The van der Waals surface area contributed by atoms with Crippen LogP contribution in [0.15, 0.2) is 24.3 Å². The first-order chi connectivity index (χ1) is 9.37. The summed E-state index contributed by atoms with van der Waals surface area (Å²) in [5, 5.41) is 9.69. The van der Waals surface area contributed by atoms with Gasteiger partial charge in [-0.2, -0.15) is 5.26 Å². The number of quaternary nitrogens is 1. The zero-order chi connectivity index (χ0) is 14.8. The van der Waals surface area contributed by atoms with Crippen LogP contribution in [-0.2, 0) is 5.41 Å². The lowest BCUT2D eigenvalue weighted by Crippen LogP contribution is -3.00. The lowest BCUT2D eigenvalue weighted by molar-refractivity contribution is -0.896. The number of hydrogen-bond donors (Lipinski definition) is 0. The van der Waals surface area contributed by atoms with Crippen molar-refractivity contribution in [1.82, 2.24) is 0 Å². The minimum atomic E-state index is -0.315. The van der Waals surface area contributed by atoms with Crippen molar-refractivity contribution in [2.45, 2.75) is 38.2 Å². The predicted molar refractivity (Wildman–Crippen MR) is 80.6 cm³/mol. The van der Waals surface area contributed by atoms with Crippen molar-refractivity contribution in [3.8, 4) is 11.8 Å². The monoisotopic (exact) mass is 352 g/mol. The van der Waals surface area contributed by atoms with Crippen LogP contribution in [0.1, 0.15) is 32.3 Å². The van der Waals surface area contributed by atoms with Crippen molar-refractivity contribution in [1.29, 1.82) is 5.26 Å². The normalized spacial score (nSPS) is 19.4. The molecular weight excluding hydrogens is 328 g/mol. The van der Waals surface area contributed by atoms with E-state index in [9.17, 15) is 5.26 Å². The standard InChI is InChI=1S/C17H25N2O.BrH/c1-14(2)20-16-7-5-15(6-8-16)17(13-18)9-11-19(3,4)12-10-17;/h5-8,14H,9-12H2,1-4H3;1H/q+1;/p-1. The summed E-state index contributed by atoms with van der Waals surface area (Å²) >= 11 is 0. The van der Waals surface area contributed by atoms with E-state index in [0.717, 1.165) is 41.7 Å². The van der Waals surface area contributed by atoms with Gasteiger partial charge < -0.3 is 26.2 Å². The van der Waals surface area contributed by atoms with E-state index in [2.05, 4.69) is 32.3 Å². The fourth-order valence-corrected chi connectivity index (χ4v) is 2.81. The summed E-state index contributed by atoms with van der Waals surface area (Å²) in [6.45, 7) is 6.15. The summed E-state index contributed by atoms with van der Waals surface area (Å²) < 4.78 is 6.68. The first kappa shape index (κ1) is 18.0. The first-order valence-electron chi connectivity index (χ1n) is 7.37. The number of nitriles is 1. The maximum atomic E-state index is 9.69. The average Bonchev–Trinajstić information content (AvgIpc) is 2.40. The van der Waals surface area contributed by atoms with E-state index >= 15 is 0 Å². The van der Waals surface area contributed by atoms with Gasteiger partial charge in [0.1, 0.15) is 5.75 Å². The quantitative estimate of drug-likeness (QED) is 0.723. The van der Waals surface area contributed by atoms with E-state index in [4.69, 9.17) is 4.74 Å². The Labute approximate surface area is 138 Å². The maximum Gasteiger partial charge on any atom is 0.119 e. The highest BCUT2D eigenvalue weighted by atomic mass is 79.9. The molecule has 0 N–H and O–H groups in total. The zero-order valence-corrected chi connectivity index (χ0v) is 15.0. The van der Waals surface area contributed by atoms with Gasteiger partial charge in [0.2, 0.25) is 0 Å². The summed E-state index contributed by atoms with van der Waals surface area (Å²) in [5.41, 5.74) is 0.820. The summed E-state index contributed by atoms with van der Waals surface area (Å²) in [7, 11) is 4.47. The van der Waals surface area contributed by atoms with Crippen LogP contribution < -0.4 is 21.7 Å². The van der Waals surface area contributed by atoms with Gasteiger partial charge in [-0.3, -0.25) is 0 Å². The van der Waals surface area contributed by atoms with Crippen molar-refractivity contribution in [2.24, 2.45) is 0 Å². The number of benzene rings is 1. The van der Waals surface area contributed by atoms with Crippen LogP contribution >= 0.6 is 0 Å². The molecule has 0 atom stereocenters. The summed E-state index contributed by atoms with van der Waals surface area (Å²) in [6.07, 6.45) is 2.04. The Morgan fingerprint density at radius 1 is 1.14 bits per heavy atom. The van der Waals surface area contributed by atoms with Gasteiger partial charge >= 0.3 is 0 Å². The van der Waals surface area contributed by atoms with E-state index in [0.29, 0.717) is 0 Å². The number of ether oxygens (including phenoxy) is 1. The second kappa shape index (κ2) is 6.81. The molecule has 0 unspecified atom stereocenters. The Kier molecular flexibility index (Phi) is 5.83. The van der Waals surface area contributed by atoms with Crippen molar-refractivity contribution >= 4 is 0 Å². The molecule has 1 saturated heterocycles. The highest BCUT2D eigenvalue weighted by molar-refractivity contribution is 5.37. The van der Waals surface area contributed by atoms with E-state index < -0.39 is 0 Å². The maximum absolute atomic E-state index is 9.69. The van der Waals surface area contributed by atoms with Gasteiger partial charge in [0.15, 0.2) is 0 Å². The third-order valence-electron chi connectivity index (χ3n) is 4.28. The van der Waals surface area contributed by atoms with Crippen molar-refractivity contribution in [2.75, 3.05) is 27.2 Å². The van der Waals surface area contributed by atoms with Gasteiger partial charge in [-0.15, -0.1) is 0 Å². The molecule has 1 fully saturated rings. The second-order valence-corrected chi connectivity index (χ2v) is 6.77. The Hall–Kier alpha value is -1.05. The number of piperidine rings is 1. The largest absolute Gasteiger partial charge is 1.00 e. The topological polar surface area (TPSA) is 33.0 Å². The zero-order valence-electron chi connectivity index (χ0n) is 13.4. The third-order valence-corrected chi connectivity index (χ3v) is 4.28. The molecule has 0 spiro atoms. The molecule has 0 aliphatic carbocycles. The third kappa shape index (κ3) is 4.21. The molecule has 3 nitrogen and oxygen atoms in total. The summed E-state index contributed by atoms with van der Waals surface area (Å²) in [6, 6.07) is 10.7. The minimum absolute atomic E-state index is 0. The molecule has 21 heavy (non-hydrogen) atoms. The molecule has 1 aromatic carbocycles. The Balaban J connectivity index is 0.00000220. The van der Waals surface area contributed by atoms with E-state index in [1.165, 1.54) is 0 Å². The number of nitrogens with zero attached hydrogens (tertiary/aromatic N) is 2. The molecule has 2 rings (SSSR count). The Morgan fingerprint density at radius 3 is 2.10 bits per heavy atom. The first-order valence-corrected chi connectivity index (χ1v) is 7.37. The average molecular weight is 353 g/mol. The molecule has 116 valence electrons. The van der Waals surface area contributed by atoms with E-state index in [1.54, 1.807) is 0 Å². The van der Waals surface area contributed by atoms with Crippen LogP contribution in [0, 0.1) is 11.3 Å². The molecule has 1 aliphatic heterocycles. The molecule has 0 aromatic heterocycles. The second-order valence-electron chi connectivity index (χ2n) is 6.77. The van der Waals surface area contributed by atoms with Crippen LogP contribution in [0.2, 0.25) is 0 Å². The number of rotatable bonds is 3. The Morgan fingerprint density at radius 2 is 1.67 bits per heavy atom. The molecule has 4 heteroatoms. The molecule has 1 aliphatic rings. The fraction of sp³-hybridized carbons (Fsp3) is 0.588. The number of likely N-dealkylation sites (tertiary alicyclic amines) is 1. The van der Waals surface area contributed by atoms with Gasteiger partial charge in [-0.25, -0.2) is 0 Å². The molecule has 0 radical (unpaired) electrons. The molecule has 0 saturated carbocycles. The fourth-order valence-electron chi connectivity index (χ4n) is 2.81.